The first-order valence-corrected chi connectivity index (χ1v) is 9.68. The normalized spacial score (nSPS) is 12.8. The Bertz CT molecular complexity index is 1150. The van der Waals surface area contributed by atoms with Gasteiger partial charge >= 0.3 is 0 Å². The third kappa shape index (κ3) is 3.80. The summed E-state index contributed by atoms with van der Waals surface area (Å²) in [5.74, 6) is 1.98. The third-order valence-electron chi connectivity index (χ3n) is 4.91. The van der Waals surface area contributed by atoms with Crippen LogP contribution in [0.3, 0.4) is 0 Å². The molecule has 3 N–H and O–H groups in total. The molecular weight excluding hydrogens is 384 g/mol. The molecule has 0 aliphatic rings. The second-order valence-electron chi connectivity index (χ2n) is 7.23. The number of aliphatic imine (C=N–C) groups is 1. The van der Waals surface area contributed by atoms with Crippen LogP contribution in [0.1, 0.15) is 36.5 Å². The summed E-state index contributed by atoms with van der Waals surface area (Å²) in [6.45, 7) is 3.80. The van der Waals surface area contributed by atoms with Crippen molar-refractivity contribution in [3.63, 3.8) is 0 Å². The Morgan fingerprint density at radius 3 is 2.43 bits per heavy atom. The van der Waals surface area contributed by atoms with E-state index < -0.39 is 10.9 Å². The molecule has 1 heterocycles. The number of furan rings is 1. The average Bonchev–Trinajstić information content (AvgIpc) is 3.15. The Hall–Kier alpha value is -3.55. The number of hydrogen-bond acceptors (Lipinski definition) is 7. The van der Waals surface area contributed by atoms with E-state index in [1.165, 1.54) is 0 Å². The fourth-order valence-electron chi connectivity index (χ4n) is 3.36. The lowest BCUT2D eigenvalue weighted by molar-refractivity contribution is 0.452. The van der Waals surface area contributed by atoms with E-state index in [0.29, 0.717) is 29.3 Å². The number of phenolic OH excluding ortho intramolecular Hbond substituents is 1. The number of anilines is 3. The number of benzene rings is 1. The van der Waals surface area contributed by atoms with E-state index in [0.717, 1.165) is 5.76 Å². The van der Waals surface area contributed by atoms with Gasteiger partial charge in [-0.05, 0) is 37.6 Å². The summed E-state index contributed by atoms with van der Waals surface area (Å²) in [5, 5.41) is 16.8. The van der Waals surface area contributed by atoms with Crippen LogP contribution in [0.25, 0.3) is 0 Å². The van der Waals surface area contributed by atoms with Gasteiger partial charge in [-0.2, -0.15) is 0 Å². The summed E-state index contributed by atoms with van der Waals surface area (Å²) in [6, 6.07) is 8.55. The molecule has 1 atom stereocenters. The Balaban J connectivity index is 1.92. The van der Waals surface area contributed by atoms with Gasteiger partial charge in [0.2, 0.25) is 0 Å². The molecule has 0 aliphatic carbocycles. The van der Waals surface area contributed by atoms with Gasteiger partial charge in [-0.15, -0.1) is 0 Å². The SMILES string of the molecule is CC[C@@H](Nc1c(Nc2cccc(/C(=N/C)N(C)C)c2O)c(=O)c1=O)c1ccc(C)o1. The fourth-order valence-corrected chi connectivity index (χ4v) is 3.36. The maximum absolute atomic E-state index is 12.2. The lowest BCUT2D eigenvalue weighted by Crippen LogP contribution is -2.37. The van der Waals surface area contributed by atoms with Crippen molar-refractivity contribution in [2.75, 3.05) is 31.8 Å². The van der Waals surface area contributed by atoms with E-state index in [4.69, 9.17) is 4.42 Å². The number of aromatic hydroxyl groups is 1. The highest BCUT2D eigenvalue weighted by Gasteiger charge is 2.26. The molecular formula is C22H26N4O4. The van der Waals surface area contributed by atoms with Crippen LogP contribution in [0.15, 0.2) is 49.3 Å². The summed E-state index contributed by atoms with van der Waals surface area (Å²) in [5.41, 5.74) is -0.105. The van der Waals surface area contributed by atoms with Crippen LogP contribution in [-0.4, -0.2) is 37.0 Å². The molecule has 0 spiro atoms. The number of hydrogen-bond donors (Lipinski definition) is 3. The predicted molar refractivity (Wildman–Crippen MR) is 119 cm³/mol. The topological polar surface area (TPSA) is 107 Å². The highest BCUT2D eigenvalue weighted by atomic mass is 16.3. The van der Waals surface area contributed by atoms with Crippen molar-refractivity contribution < 1.29 is 9.52 Å². The molecule has 0 amide bonds. The van der Waals surface area contributed by atoms with Crippen molar-refractivity contribution in [2.45, 2.75) is 26.3 Å². The smallest absolute Gasteiger partial charge is 0.253 e. The zero-order chi connectivity index (χ0) is 22.0. The van der Waals surface area contributed by atoms with E-state index in [-0.39, 0.29) is 23.2 Å². The largest absolute Gasteiger partial charge is 0.505 e. The third-order valence-corrected chi connectivity index (χ3v) is 4.91. The molecule has 0 aliphatic heterocycles. The van der Waals surface area contributed by atoms with E-state index in [1.54, 1.807) is 30.1 Å². The molecule has 0 fully saturated rings. The zero-order valence-corrected chi connectivity index (χ0v) is 17.7. The summed E-state index contributed by atoms with van der Waals surface area (Å²) < 4.78 is 5.66. The summed E-state index contributed by atoms with van der Waals surface area (Å²) in [4.78, 5) is 30.4. The van der Waals surface area contributed by atoms with Gasteiger partial charge < -0.3 is 25.1 Å². The summed E-state index contributed by atoms with van der Waals surface area (Å²) in [7, 11) is 5.28. The minimum atomic E-state index is -0.634. The molecule has 30 heavy (non-hydrogen) atoms. The standard InChI is InChI=1S/C22H26N4O4/c1-6-14(16-11-10-12(2)30-16)24-17-18(21(29)20(17)28)25-15-9-7-8-13(19(15)27)22(23-3)26(4)5/h7-11,14,24-25,27H,6H2,1-5H3/b23-22-/t14-/m1/s1. The van der Waals surface area contributed by atoms with E-state index in [9.17, 15) is 14.7 Å². The number of rotatable bonds is 7. The molecule has 3 aromatic rings. The summed E-state index contributed by atoms with van der Waals surface area (Å²) >= 11 is 0. The Morgan fingerprint density at radius 1 is 1.17 bits per heavy atom. The number of amidine groups is 1. The van der Waals surface area contributed by atoms with Crippen LogP contribution in [0.4, 0.5) is 17.1 Å². The van der Waals surface area contributed by atoms with Gasteiger partial charge in [0.15, 0.2) is 0 Å². The van der Waals surface area contributed by atoms with Gasteiger partial charge in [0, 0.05) is 21.1 Å². The first kappa shape index (κ1) is 21.2. The van der Waals surface area contributed by atoms with E-state index in [2.05, 4.69) is 15.6 Å². The Kier molecular flexibility index (Phi) is 5.96. The molecule has 0 saturated heterocycles. The molecule has 0 radical (unpaired) electrons. The summed E-state index contributed by atoms with van der Waals surface area (Å²) in [6.07, 6.45) is 0.658. The van der Waals surface area contributed by atoms with Crippen LogP contribution in [-0.2, 0) is 0 Å². The van der Waals surface area contributed by atoms with Gasteiger partial charge in [-0.1, -0.05) is 13.0 Å². The lowest BCUT2D eigenvalue weighted by atomic mass is 10.1. The minimum Gasteiger partial charge on any atom is -0.505 e. The number of aryl methyl sites for hydroxylation is 1. The molecule has 8 heteroatoms. The van der Waals surface area contributed by atoms with Crippen molar-refractivity contribution in [1.29, 1.82) is 0 Å². The zero-order valence-electron chi connectivity index (χ0n) is 17.7. The van der Waals surface area contributed by atoms with Crippen LogP contribution in [0.5, 0.6) is 5.75 Å². The van der Waals surface area contributed by atoms with Crippen LogP contribution >= 0.6 is 0 Å². The van der Waals surface area contributed by atoms with Gasteiger partial charge in [0.1, 0.15) is 34.5 Å². The van der Waals surface area contributed by atoms with Gasteiger partial charge in [0.05, 0.1) is 17.3 Å². The molecule has 158 valence electrons. The highest BCUT2D eigenvalue weighted by Crippen LogP contribution is 2.33. The molecule has 3 rings (SSSR count). The monoisotopic (exact) mass is 410 g/mol. The van der Waals surface area contributed by atoms with Crippen molar-refractivity contribution in [2.24, 2.45) is 4.99 Å². The number of nitrogens with zero attached hydrogens (tertiary/aromatic N) is 2. The minimum absolute atomic E-state index is 0.0560. The molecule has 2 aromatic carbocycles. The second-order valence-corrected chi connectivity index (χ2v) is 7.23. The molecule has 1 aromatic heterocycles. The van der Waals surface area contributed by atoms with Gasteiger partial charge in [-0.25, -0.2) is 0 Å². The van der Waals surface area contributed by atoms with E-state index in [1.807, 2.05) is 40.1 Å². The van der Waals surface area contributed by atoms with Crippen molar-refractivity contribution in [3.05, 3.63) is 67.9 Å². The first-order valence-electron chi connectivity index (χ1n) is 9.68. The molecule has 0 saturated carbocycles. The maximum Gasteiger partial charge on any atom is 0.253 e. The number of phenols is 1. The second kappa shape index (κ2) is 8.44. The van der Waals surface area contributed by atoms with Crippen LogP contribution < -0.4 is 21.5 Å². The quantitative estimate of drug-likeness (QED) is 0.238. The van der Waals surface area contributed by atoms with E-state index >= 15 is 0 Å². The maximum atomic E-state index is 12.2. The average molecular weight is 410 g/mol. The molecule has 0 unspecified atom stereocenters. The molecule has 0 bridgehead atoms. The lowest BCUT2D eigenvalue weighted by Gasteiger charge is -2.21. The van der Waals surface area contributed by atoms with Crippen molar-refractivity contribution in [3.8, 4) is 5.75 Å². The van der Waals surface area contributed by atoms with Gasteiger partial charge in [-0.3, -0.25) is 14.6 Å². The highest BCUT2D eigenvalue weighted by molar-refractivity contribution is 6.02. The molecule has 8 nitrogen and oxygen atoms in total. The van der Waals surface area contributed by atoms with Crippen LogP contribution in [0.2, 0.25) is 0 Å². The Labute approximate surface area is 174 Å². The van der Waals surface area contributed by atoms with Gasteiger partial charge in [0.25, 0.3) is 10.9 Å². The fraction of sp³-hybridized carbons (Fsp3) is 0.318. The Morgan fingerprint density at radius 2 is 1.87 bits per heavy atom. The number of para-hydroxylation sites is 1. The number of nitrogens with one attached hydrogen (secondary N) is 2. The first-order chi connectivity index (χ1) is 14.3. The van der Waals surface area contributed by atoms with Crippen LogP contribution in [0, 0.1) is 6.92 Å². The van der Waals surface area contributed by atoms with Crippen molar-refractivity contribution >= 4 is 22.9 Å². The predicted octanol–water partition coefficient (Wildman–Crippen LogP) is 3.13. The van der Waals surface area contributed by atoms with Crippen molar-refractivity contribution in [1.82, 2.24) is 4.90 Å².